The normalized spacial score (nSPS) is 14.0. The fraction of sp³-hybridized carbons (Fsp3) is 0.500. The molecule has 0 aromatic heterocycles. The summed E-state index contributed by atoms with van der Waals surface area (Å²) < 4.78 is 4.52. The zero-order valence-corrected chi connectivity index (χ0v) is 11.2. The summed E-state index contributed by atoms with van der Waals surface area (Å²) in [7, 11) is 1.27. The predicted octanol–water partition coefficient (Wildman–Crippen LogP) is 1.05. The van der Waals surface area contributed by atoms with Crippen molar-refractivity contribution in [3.05, 3.63) is 35.4 Å². The summed E-state index contributed by atoms with van der Waals surface area (Å²) in [5.74, 6) is -0.620. The first kappa shape index (κ1) is 14.7. The lowest BCUT2D eigenvalue weighted by molar-refractivity contribution is -0.159. The largest absolute Gasteiger partial charge is 0.467 e. The van der Waals surface area contributed by atoms with Gasteiger partial charge in [0.05, 0.1) is 7.11 Å². The molecule has 18 heavy (non-hydrogen) atoms. The Labute approximate surface area is 108 Å². The van der Waals surface area contributed by atoms with Crippen molar-refractivity contribution in [2.75, 3.05) is 20.2 Å². The number of rotatable bonds is 6. The highest BCUT2D eigenvalue weighted by molar-refractivity contribution is 5.78. The third kappa shape index (κ3) is 4.47. The Bertz CT molecular complexity index is 402. The first-order valence-corrected chi connectivity index (χ1v) is 6.03. The molecule has 0 heterocycles. The molecule has 1 aromatic rings. The summed E-state index contributed by atoms with van der Waals surface area (Å²) in [6.07, 6.45) is 0.860. The van der Waals surface area contributed by atoms with Crippen LogP contribution < -0.4 is 5.32 Å². The Kier molecular flexibility index (Phi) is 5.31. The number of hydrogen-bond donors (Lipinski definition) is 2. The smallest absolute Gasteiger partial charge is 0.338 e. The van der Waals surface area contributed by atoms with Gasteiger partial charge < -0.3 is 15.2 Å². The van der Waals surface area contributed by atoms with Gasteiger partial charge in [-0.3, -0.25) is 0 Å². The maximum absolute atomic E-state index is 11.2. The van der Waals surface area contributed by atoms with E-state index in [1.807, 2.05) is 6.07 Å². The van der Waals surface area contributed by atoms with E-state index in [0.717, 1.165) is 6.42 Å². The van der Waals surface area contributed by atoms with Crippen LogP contribution in [0.15, 0.2) is 24.3 Å². The second-order valence-electron chi connectivity index (χ2n) is 4.68. The average Bonchev–Trinajstić information content (AvgIpc) is 2.33. The highest BCUT2D eigenvalue weighted by Crippen LogP contribution is 2.05. The molecule has 2 N–H and O–H groups in total. The van der Waals surface area contributed by atoms with Crippen LogP contribution in [-0.2, 0) is 16.0 Å². The van der Waals surface area contributed by atoms with E-state index >= 15 is 0 Å². The Hall–Kier alpha value is -1.39. The van der Waals surface area contributed by atoms with Crippen molar-refractivity contribution in [3.8, 4) is 0 Å². The van der Waals surface area contributed by atoms with Crippen LogP contribution in [0.4, 0.5) is 0 Å². The van der Waals surface area contributed by atoms with Gasteiger partial charge in [-0.2, -0.15) is 0 Å². The topological polar surface area (TPSA) is 58.6 Å². The van der Waals surface area contributed by atoms with Gasteiger partial charge >= 0.3 is 5.97 Å². The molecule has 1 atom stereocenters. The van der Waals surface area contributed by atoms with Crippen LogP contribution >= 0.6 is 0 Å². The van der Waals surface area contributed by atoms with Crippen molar-refractivity contribution in [2.24, 2.45) is 0 Å². The van der Waals surface area contributed by atoms with Gasteiger partial charge in [0, 0.05) is 6.54 Å². The van der Waals surface area contributed by atoms with Crippen LogP contribution in [-0.4, -0.2) is 36.9 Å². The molecule has 4 nitrogen and oxygen atoms in total. The van der Waals surface area contributed by atoms with E-state index in [0.29, 0.717) is 6.54 Å². The highest BCUT2D eigenvalue weighted by Gasteiger charge is 2.30. The van der Waals surface area contributed by atoms with Crippen LogP contribution in [0.25, 0.3) is 0 Å². The SMILES string of the molecule is COC(=O)C(C)(O)CNCCc1cccc(C)c1. The van der Waals surface area contributed by atoms with Crippen LogP contribution in [0.5, 0.6) is 0 Å². The second kappa shape index (κ2) is 6.52. The monoisotopic (exact) mass is 251 g/mol. The van der Waals surface area contributed by atoms with Gasteiger partial charge in [0.25, 0.3) is 0 Å². The summed E-state index contributed by atoms with van der Waals surface area (Å²) in [5.41, 5.74) is 0.996. The quantitative estimate of drug-likeness (QED) is 0.586. The lowest BCUT2D eigenvalue weighted by Crippen LogP contribution is -2.46. The number of carbonyl (C=O) groups excluding carboxylic acids is 1. The molecule has 0 spiro atoms. The maximum atomic E-state index is 11.2. The van der Waals surface area contributed by atoms with Gasteiger partial charge in [0.1, 0.15) is 0 Å². The van der Waals surface area contributed by atoms with Gasteiger partial charge in [0.2, 0.25) is 0 Å². The van der Waals surface area contributed by atoms with E-state index < -0.39 is 11.6 Å². The lowest BCUT2D eigenvalue weighted by Gasteiger charge is -2.20. The number of hydrogen-bond acceptors (Lipinski definition) is 4. The number of benzene rings is 1. The summed E-state index contributed by atoms with van der Waals surface area (Å²) in [6.45, 7) is 4.39. The van der Waals surface area contributed by atoms with Crippen LogP contribution in [0.2, 0.25) is 0 Å². The van der Waals surface area contributed by atoms with Gasteiger partial charge in [-0.1, -0.05) is 29.8 Å². The Morgan fingerprint density at radius 1 is 1.50 bits per heavy atom. The van der Waals surface area contributed by atoms with Gasteiger partial charge in [0.15, 0.2) is 5.60 Å². The molecule has 4 heteroatoms. The molecule has 0 bridgehead atoms. The average molecular weight is 251 g/mol. The predicted molar refractivity (Wildman–Crippen MR) is 70.4 cm³/mol. The lowest BCUT2D eigenvalue weighted by atomic mass is 10.1. The number of ether oxygens (including phenoxy) is 1. The fourth-order valence-corrected chi connectivity index (χ4v) is 1.72. The number of methoxy groups -OCH3 is 1. The minimum atomic E-state index is -1.47. The van der Waals surface area contributed by atoms with Crippen molar-refractivity contribution in [3.63, 3.8) is 0 Å². The molecule has 0 saturated heterocycles. The third-order valence-corrected chi connectivity index (χ3v) is 2.77. The molecule has 1 aromatic carbocycles. The van der Waals surface area contributed by atoms with Crippen molar-refractivity contribution >= 4 is 5.97 Å². The Morgan fingerprint density at radius 3 is 2.83 bits per heavy atom. The number of nitrogens with one attached hydrogen (secondary N) is 1. The zero-order chi connectivity index (χ0) is 13.6. The van der Waals surface area contributed by atoms with E-state index in [2.05, 4.69) is 35.2 Å². The highest BCUT2D eigenvalue weighted by atomic mass is 16.5. The van der Waals surface area contributed by atoms with Crippen molar-refractivity contribution in [1.29, 1.82) is 0 Å². The zero-order valence-electron chi connectivity index (χ0n) is 11.2. The minimum absolute atomic E-state index is 0.186. The molecule has 0 saturated carbocycles. The molecule has 0 amide bonds. The number of aliphatic hydroxyl groups is 1. The van der Waals surface area contributed by atoms with Gasteiger partial charge in [-0.05, 0) is 32.4 Å². The molecule has 0 fully saturated rings. The maximum Gasteiger partial charge on any atom is 0.338 e. The fourth-order valence-electron chi connectivity index (χ4n) is 1.72. The minimum Gasteiger partial charge on any atom is -0.467 e. The first-order chi connectivity index (χ1) is 8.45. The standard InChI is InChI=1S/C14H21NO3/c1-11-5-4-6-12(9-11)7-8-15-10-14(2,17)13(16)18-3/h4-6,9,15,17H,7-8,10H2,1-3H3. The molecule has 1 unspecified atom stereocenters. The van der Waals surface area contributed by atoms with Crippen molar-refractivity contribution in [1.82, 2.24) is 5.32 Å². The summed E-state index contributed by atoms with van der Waals surface area (Å²) >= 11 is 0. The Morgan fingerprint density at radius 2 is 2.22 bits per heavy atom. The van der Waals surface area contributed by atoms with Crippen LogP contribution in [0.3, 0.4) is 0 Å². The molecule has 1 rings (SSSR count). The number of carbonyl (C=O) groups is 1. The van der Waals surface area contributed by atoms with Crippen LogP contribution in [0.1, 0.15) is 18.1 Å². The molecule has 0 aliphatic rings. The van der Waals surface area contributed by atoms with E-state index in [1.54, 1.807) is 0 Å². The van der Waals surface area contributed by atoms with Crippen LogP contribution in [0, 0.1) is 6.92 Å². The molecule has 0 radical (unpaired) electrons. The summed E-state index contributed by atoms with van der Waals surface area (Å²) in [5, 5.41) is 12.8. The number of aryl methyl sites for hydroxylation is 1. The molecule has 0 aliphatic heterocycles. The first-order valence-electron chi connectivity index (χ1n) is 6.03. The third-order valence-electron chi connectivity index (χ3n) is 2.77. The van der Waals surface area contributed by atoms with Gasteiger partial charge in [-0.15, -0.1) is 0 Å². The number of esters is 1. The van der Waals surface area contributed by atoms with E-state index in [9.17, 15) is 9.90 Å². The van der Waals surface area contributed by atoms with E-state index in [4.69, 9.17) is 0 Å². The van der Waals surface area contributed by atoms with E-state index in [1.165, 1.54) is 25.2 Å². The molecular formula is C14H21NO3. The van der Waals surface area contributed by atoms with E-state index in [-0.39, 0.29) is 6.54 Å². The van der Waals surface area contributed by atoms with Crippen molar-refractivity contribution in [2.45, 2.75) is 25.9 Å². The van der Waals surface area contributed by atoms with Gasteiger partial charge in [-0.25, -0.2) is 4.79 Å². The molecule has 0 aliphatic carbocycles. The molecule has 100 valence electrons. The summed E-state index contributed by atoms with van der Waals surface area (Å²) in [4.78, 5) is 11.2. The van der Waals surface area contributed by atoms with Crippen molar-refractivity contribution < 1.29 is 14.6 Å². The summed E-state index contributed by atoms with van der Waals surface area (Å²) in [6, 6.07) is 8.27. The molecular weight excluding hydrogens is 230 g/mol. The second-order valence-corrected chi connectivity index (χ2v) is 4.68. The Balaban J connectivity index is 2.33.